The lowest BCUT2D eigenvalue weighted by Gasteiger charge is -2.04. The molecule has 2 nitrogen and oxygen atoms in total. The largest absolute Gasteiger partial charge is 0.399 e. The lowest BCUT2D eigenvalue weighted by molar-refractivity contribution is 0.103. The van der Waals surface area contributed by atoms with Crippen LogP contribution in [0.25, 0.3) is 0 Å². The number of ketones is 1. The average Bonchev–Trinajstić information content (AvgIpc) is 2.67. The van der Waals surface area contributed by atoms with Gasteiger partial charge in [0.1, 0.15) is 0 Å². The monoisotopic (exact) mass is 295 g/mol. The highest BCUT2D eigenvalue weighted by Gasteiger charge is 2.15. The molecule has 0 saturated carbocycles. The predicted molar refractivity (Wildman–Crippen MR) is 71.0 cm³/mol. The first kappa shape index (κ1) is 11.4. The molecule has 82 valence electrons. The van der Waals surface area contributed by atoms with Crippen LogP contribution >= 0.6 is 27.3 Å². The summed E-state index contributed by atoms with van der Waals surface area (Å²) < 4.78 is 0.775. The lowest BCUT2D eigenvalue weighted by atomic mass is 10.0. The Labute approximate surface area is 106 Å². The molecule has 0 saturated heterocycles. The zero-order chi connectivity index (χ0) is 11.7. The van der Waals surface area contributed by atoms with E-state index in [0.717, 1.165) is 14.9 Å². The van der Waals surface area contributed by atoms with E-state index in [1.165, 1.54) is 0 Å². The molecule has 0 atom stereocenters. The van der Waals surface area contributed by atoms with E-state index < -0.39 is 0 Å². The summed E-state index contributed by atoms with van der Waals surface area (Å²) in [7, 11) is 0. The highest BCUT2D eigenvalue weighted by Crippen LogP contribution is 2.25. The van der Waals surface area contributed by atoms with Gasteiger partial charge < -0.3 is 5.73 Å². The van der Waals surface area contributed by atoms with Crippen LogP contribution in [-0.4, -0.2) is 5.78 Å². The maximum absolute atomic E-state index is 12.2. The summed E-state index contributed by atoms with van der Waals surface area (Å²) in [6.07, 6.45) is 0. The molecule has 0 spiro atoms. The quantitative estimate of drug-likeness (QED) is 0.679. The Morgan fingerprint density at radius 3 is 2.69 bits per heavy atom. The third-order valence-corrected chi connectivity index (χ3v) is 3.88. The van der Waals surface area contributed by atoms with Crippen LogP contribution in [0.3, 0.4) is 0 Å². The van der Waals surface area contributed by atoms with E-state index in [4.69, 9.17) is 5.73 Å². The Morgan fingerprint density at radius 1 is 1.31 bits per heavy atom. The molecule has 0 bridgehead atoms. The Balaban J connectivity index is 2.49. The molecule has 0 aliphatic rings. The molecule has 2 N–H and O–H groups in total. The van der Waals surface area contributed by atoms with E-state index in [0.29, 0.717) is 11.3 Å². The Morgan fingerprint density at radius 2 is 2.06 bits per heavy atom. The van der Waals surface area contributed by atoms with Crippen molar-refractivity contribution >= 4 is 38.7 Å². The van der Waals surface area contributed by atoms with Crippen LogP contribution in [0.2, 0.25) is 0 Å². The minimum absolute atomic E-state index is 0.0120. The Kier molecular flexibility index (Phi) is 3.12. The number of benzene rings is 1. The van der Waals surface area contributed by atoms with E-state index in [2.05, 4.69) is 15.9 Å². The van der Waals surface area contributed by atoms with E-state index in [-0.39, 0.29) is 5.78 Å². The van der Waals surface area contributed by atoms with Crippen LogP contribution in [0.4, 0.5) is 5.69 Å². The molecule has 0 amide bonds. The molecular weight excluding hydrogens is 286 g/mol. The minimum atomic E-state index is 0.0120. The normalized spacial score (nSPS) is 10.4. The van der Waals surface area contributed by atoms with Gasteiger partial charge in [0.25, 0.3) is 0 Å². The number of thiophene rings is 1. The van der Waals surface area contributed by atoms with Crippen molar-refractivity contribution in [2.45, 2.75) is 6.92 Å². The van der Waals surface area contributed by atoms with Crippen molar-refractivity contribution in [3.05, 3.63) is 50.1 Å². The van der Waals surface area contributed by atoms with Crippen molar-refractivity contribution in [3.8, 4) is 0 Å². The smallest absolute Gasteiger partial charge is 0.195 e. The van der Waals surface area contributed by atoms with Crippen LogP contribution in [0.5, 0.6) is 0 Å². The summed E-state index contributed by atoms with van der Waals surface area (Å²) in [5, 5.41) is 1.92. The third kappa shape index (κ3) is 2.03. The van der Waals surface area contributed by atoms with Crippen molar-refractivity contribution in [1.82, 2.24) is 0 Å². The molecule has 0 fully saturated rings. The van der Waals surface area contributed by atoms with E-state index >= 15 is 0 Å². The number of nitrogen functional groups attached to an aromatic ring is 1. The second kappa shape index (κ2) is 4.39. The van der Waals surface area contributed by atoms with Gasteiger partial charge >= 0.3 is 0 Å². The SMILES string of the molecule is Cc1sccc1C(=O)c1cc(N)ccc1Br. The number of carbonyl (C=O) groups excluding carboxylic acids is 1. The molecule has 0 aliphatic heterocycles. The standard InChI is InChI=1S/C12H10BrNOS/c1-7-9(4-5-16-7)12(15)10-6-8(14)2-3-11(10)13/h2-6H,14H2,1H3. The van der Waals surface area contributed by atoms with Gasteiger partial charge in [-0.05, 0) is 36.6 Å². The summed E-state index contributed by atoms with van der Waals surface area (Å²) >= 11 is 4.94. The number of anilines is 1. The number of aryl methyl sites for hydroxylation is 1. The van der Waals surface area contributed by atoms with Gasteiger partial charge in [0.05, 0.1) is 0 Å². The molecule has 2 rings (SSSR count). The second-order valence-corrected chi connectivity index (χ2v) is 5.43. The van der Waals surface area contributed by atoms with E-state index in [9.17, 15) is 4.79 Å². The number of rotatable bonds is 2. The number of carbonyl (C=O) groups is 1. The Hall–Kier alpha value is -1.13. The molecule has 0 aliphatic carbocycles. The highest BCUT2D eigenvalue weighted by atomic mass is 79.9. The van der Waals surface area contributed by atoms with Gasteiger partial charge in [0.2, 0.25) is 0 Å². The third-order valence-electron chi connectivity index (χ3n) is 2.34. The fourth-order valence-electron chi connectivity index (χ4n) is 1.48. The van der Waals surface area contributed by atoms with Crippen molar-refractivity contribution in [2.24, 2.45) is 0 Å². The van der Waals surface area contributed by atoms with Gasteiger partial charge in [0, 0.05) is 26.2 Å². The molecule has 4 heteroatoms. The topological polar surface area (TPSA) is 43.1 Å². The molecule has 0 radical (unpaired) electrons. The fourth-order valence-corrected chi connectivity index (χ4v) is 2.61. The molecule has 1 aromatic heterocycles. The maximum Gasteiger partial charge on any atom is 0.195 e. The zero-order valence-corrected chi connectivity index (χ0v) is 11.1. The van der Waals surface area contributed by atoms with Crippen molar-refractivity contribution in [3.63, 3.8) is 0 Å². The average molecular weight is 296 g/mol. The summed E-state index contributed by atoms with van der Waals surface area (Å²) in [4.78, 5) is 13.2. The van der Waals surface area contributed by atoms with Crippen LogP contribution < -0.4 is 5.73 Å². The van der Waals surface area contributed by atoms with Crippen LogP contribution in [0.1, 0.15) is 20.8 Å². The molecule has 2 aromatic rings. The second-order valence-electron chi connectivity index (χ2n) is 3.46. The highest BCUT2D eigenvalue weighted by molar-refractivity contribution is 9.10. The predicted octanol–water partition coefficient (Wildman–Crippen LogP) is 3.63. The van der Waals surface area contributed by atoms with Crippen molar-refractivity contribution < 1.29 is 4.79 Å². The number of hydrogen-bond acceptors (Lipinski definition) is 3. The molecule has 0 unspecified atom stereocenters. The number of halogens is 1. The molecular formula is C12H10BrNOS. The molecule has 16 heavy (non-hydrogen) atoms. The summed E-state index contributed by atoms with van der Waals surface area (Å²) in [5.41, 5.74) is 7.64. The van der Waals surface area contributed by atoms with Gasteiger partial charge in [-0.25, -0.2) is 0 Å². The first-order chi connectivity index (χ1) is 7.59. The van der Waals surface area contributed by atoms with E-state index in [1.807, 2.05) is 18.4 Å². The van der Waals surface area contributed by atoms with Gasteiger partial charge in [-0.3, -0.25) is 4.79 Å². The van der Waals surface area contributed by atoms with Gasteiger partial charge in [0.15, 0.2) is 5.78 Å². The zero-order valence-electron chi connectivity index (χ0n) is 8.66. The maximum atomic E-state index is 12.2. The number of hydrogen-bond donors (Lipinski definition) is 1. The molecule has 1 aromatic carbocycles. The van der Waals surface area contributed by atoms with Crippen molar-refractivity contribution in [1.29, 1.82) is 0 Å². The Bertz CT molecular complexity index is 548. The first-order valence-corrected chi connectivity index (χ1v) is 6.40. The first-order valence-electron chi connectivity index (χ1n) is 4.73. The summed E-state index contributed by atoms with van der Waals surface area (Å²) in [5.74, 6) is 0.0120. The van der Waals surface area contributed by atoms with Gasteiger partial charge in [-0.15, -0.1) is 11.3 Å². The minimum Gasteiger partial charge on any atom is -0.399 e. The van der Waals surface area contributed by atoms with Crippen LogP contribution in [0, 0.1) is 6.92 Å². The summed E-state index contributed by atoms with van der Waals surface area (Å²) in [6, 6.07) is 7.10. The lowest BCUT2D eigenvalue weighted by Crippen LogP contribution is -2.03. The summed E-state index contributed by atoms with van der Waals surface area (Å²) in [6.45, 7) is 1.94. The van der Waals surface area contributed by atoms with Crippen molar-refractivity contribution in [2.75, 3.05) is 5.73 Å². The fraction of sp³-hybridized carbons (Fsp3) is 0.0833. The van der Waals surface area contributed by atoms with Crippen LogP contribution in [0.15, 0.2) is 34.1 Å². The van der Waals surface area contributed by atoms with Gasteiger partial charge in [-0.2, -0.15) is 0 Å². The van der Waals surface area contributed by atoms with Crippen LogP contribution in [-0.2, 0) is 0 Å². The van der Waals surface area contributed by atoms with Gasteiger partial charge in [-0.1, -0.05) is 15.9 Å². The molecule has 1 heterocycles. The van der Waals surface area contributed by atoms with E-state index in [1.54, 1.807) is 29.5 Å². The number of nitrogens with two attached hydrogens (primary N) is 1.